The van der Waals surface area contributed by atoms with Crippen molar-refractivity contribution in [3.8, 4) is 5.88 Å². The van der Waals surface area contributed by atoms with Crippen molar-refractivity contribution < 1.29 is 9.53 Å². The van der Waals surface area contributed by atoms with Crippen molar-refractivity contribution in [3.63, 3.8) is 0 Å². The molecule has 2 aliphatic heterocycles. The van der Waals surface area contributed by atoms with Crippen LogP contribution < -0.4 is 15.4 Å². The van der Waals surface area contributed by atoms with E-state index in [1.165, 1.54) is 0 Å². The largest absolute Gasteiger partial charge is 0.481 e. The van der Waals surface area contributed by atoms with E-state index in [2.05, 4.69) is 15.6 Å². The standard InChI is InChI=1S/C14H20N4O2/c1-20-12-3-2-11(8-16-12)9-18-10-14(17-13(18)19)4-6-15-7-5-14/h2-3,8,15H,4-7,9-10H2,1H3,(H,17,19). The van der Waals surface area contributed by atoms with Crippen LogP contribution in [0.4, 0.5) is 4.79 Å². The van der Waals surface area contributed by atoms with Gasteiger partial charge in [0.1, 0.15) is 0 Å². The van der Waals surface area contributed by atoms with Gasteiger partial charge >= 0.3 is 6.03 Å². The minimum absolute atomic E-state index is 0.0303. The van der Waals surface area contributed by atoms with E-state index in [0.717, 1.165) is 38.0 Å². The summed E-state index contributed by atoms with van der Waals surface area (Å²) in [7, 11) is 1.59. The van der Waals surface area contributed by atoms with Crippen molar-refractivity contribution in [2.45, 2.75) is 24.9 Å². The normalized spacial score (nSPS) is 21.1. The monoisotopic (exact) mass is 276 g/mol. The van der Waals surface area contributed by atoms with Crippen LogP contribution >= 0.6 is 0 Å². The second kappa shape index (κ2) is 5.28. The number of hydrogen-bond acceptors (Lipinski definition) is 4. The lowest BCUT2D eigenvalue weighted by Crippen LogP contribution is -2.51. The number of carbonyl (C=O) groups excluding carboxylic acids is 1. The Morgan fingerprint density at radius 1 is 1.40 bits per heavy atom. The fourth-order valence-corrected chi connectivity index (χ4v) is 2.94. The van der Waals surface area contributed by atoms with Gasteiger partial charge in [-0.05, 0) is 31.5 Å². The van der Waals surface area contributed by atoms with E-state index in [4.69, 9.17) is 4.74 Å². The highest BCUT2D eigenvalue weighted by Crippen LogP contribution is 2.26. The molecule has 0 aromatic carbocycles. The highest BCUT2D eigenvalue weighted by Gasteiger charge is 2.42. The number of hydrogen-bond donors (Lipinski definition) is 2. The van der Waals surface area contributed by atoms with Crippen molar-refractivity contribution >= 4 is 6.03 Å². The summed E-state index contributed by atoms with van der Waals surface area (Å²) in [4.78, 5) is 18.2. The number of methoxy groups -OCH3 is 1. The van der Waals surface area contributed by atoms with E-state index in [-0.39, 0.29) is 11.6 Å². The van der Waals surface area contributed by atoms with Crippen molar-refractivity contribution in [3.05, 3.63) is 23.9 Å². The summed E-state index contributed by atoms with van der Waals surface area (Å²) in [5.74, 6) is 0.592. The molecular weight excluding hydrogens is 256 g/mol. The molecule has 1 aromatic rings. The Balaban J connectivity index is 1.66. The molecule has 1 spiro atoms. The molecule has 0 radical (unpaired) electrons. The molecule has 2 aliphatic rings. The van der Waals surface area contributed by atoms with Gasteiger partial charge in [0.2, 0.25) is 5.88 Å². The maximum atomic E-state index is 12.1. The average Bonchev–Trinajstić information content (AvgIpc) is 2.76. The number of pyridine rings is 1. The second-order valence-corrected chi connectivity index (χ2v) is 5.53. The van der Waals surface area contributed by atoms with Gasteiger partial charge in [0.25, 0.3) is 0 Å². The molecule has 2 amide bonds. The number of nitrogens with one attached hydrogen (secondary N) is 2. The van der Waals surface area contributed by atoms with Crippen LogP contribution in [0.15, 0.2) is 18.3 Å². The Morgan fingerprint density at radius 2 is 2.20 bits per heavy atom. The van der Waals surface area contributed by atoms with Crippen molar-refractivity contribution in [1.82, 2.24) is 20.5 Å². The van der Waals surface area contributed by atoms with Gasteiger partial charge in [-0.25, -0.2) is 9.78 Å². The van der Waals surface area contributed by atoms with Gasteiger partial charge < -0.3 is 20.3 Å². The van der Waals surface area contributed by atoms with Gasteiger partial charge in [0, 0.05) is 25.4 Å². The summed E-state index contributed by atoms with van der Waals surface area (Å²) in [6.45, 7) is 3.31. The molecule has 0 unspecified atom stereocenters. The minimum atomic E-state index is -0.0395. The number of aromatic nitrogens is 1. The fourth-order valence-electron chi connectivity index (χ4n) is 2.94. The fraction of sp³-hybridized carbons (Fsp3) is 0.571. The van der Waals surface area contributed by atoms with E-state index in [0.29, 0.717) is 12.4 Å². The molecule has 3 rings (SSSR count). The Hall–Kier alpha value is -1.82. The van der Waals surface area contributed by atoms with Crippen LogP contribution in [-0.4, -0.2) is 48.2 Å². The third-order valence-electron chi connectivity index (χ3n) is 4.09. The molecule has 20 heavy (non-hydrogen) atoms. The molecule has 2 saturated heterocycles. The first kappa shape index (κ1) is 13.2. The predicted molar refractivity (Wildman–Crippen MR) is 74.6 cm³/mol. The third-order valence-corrected chi connectivity index (χ3v) is 4.09. The van der Waals surface area contributed by atoms with Crippen LogP contribution in [0.1, 0.15) is 18.4 Å². The first-order chi connectivity index (χ1) is 9.71. The smallest absolute Gasteiger partial charge is 0.318 e. The summed E-state index contributed by atoms with van der Waals surface area (Å²) in [6, 6.07) is 3.80. The lowest BCUT2D eigenvalue weighted by Gasteiger charge is -2.33. The molecular formula is C14H20N4O2. The molecule has 6 nitrogen and oxygen atoms in total. The Kier molecular flexibility index (Phi) is 3.48. The molecule has 108 valence electrons. The molecule has 3 heterocycles. The van der Waals surface area contributed by atoms with Crippen LogP contribution in [0.5, 0.6) is 5.88 Å². The summed E-state index contributed by atoms with van der Waals surface area (Å²) in [5.41, 5.74) is 0.981. The predicted octanol–water partition coefficient (Wildman–Crippen LogP) is 0.738. The Bertz CT molecular complexity index is 482. The Labute approximate surface area is 118 Å². The first-order valence-electron chi connectivity index (χ1n) is 6.98. The van der Waals surface area contributed by atoms with Gasteiger partial charge in [-0.2, -0.15) is 0 Å². The zero-order chi connectivity index (χ0) is 14.0. The number of amides is 2. The van der Waals surface area contributed by atoms with Crippen LogP contribution in [0.2, 0.25) is 0 Å². The van der Waals surface area contributed by atoms with Gasteiger partial charge in [-0.1, -0.05) is 6.07 Å². The van der Waals surface area contributed by atoms with Crippen LogP contribution in [0.3, 0.4) is 0 Å². The lowest BCUT2D eigenvalue weighted by molar-refractivity contribution is 0.215. The molecule has 0 aliphatic carbocycles. The first-order valence-corrected chi connectivity index (χ1v) is 6.98. The SMILES string of the molecule is COc1ccc(CN2CC3(CCNCC3)NC2=O)cn1. The summed E-state index contributed by atoms with van der Waals surface area (Å²) < 4.78 is 5.04. The zero-order valence-corrected chi connectivity index (χ0v) is 11.7. The lowest BCUT2D eigenvalue weighted by atomic mass is 9.89. The topological polar surface area (TPSA) is 66.5 Å². The maximum absolute atomic E-state index is 12.1. The number of ether oxygens (including phenoxy) is 1. The molecule has 6 heteroatoms. The maximum Gasteiger partial charge on any atom is 0.318 e. The summed E-state index contributed by atoms with van der Waals surface area (Å²) >= 11 is 0. The van der Waals surface area contributed by atoms with E-state index in [9.17, 15) is 4.79 Å². The van der Waals surface area contributed by atoms with Gasteiger partial charge in [-0.15, -0.1) is 0 Å². The number of rotatable bonds is 3. The van der Waals surface area contributed by atoms with Gasteiger partial charge in [0.05, 0.1) is 12.6 Å². The molecule has 2 fully saturated rings. The number of urea groups is 1. The van der Waals surface area contributed by atoms with Gasteiger partial charge in [-0.3, -0.25) is 0 Å². The van der Waals surface area contributed by atoms with E-state index in [1.807, 2.05) is 17.0 Å². The van der Waals surface area contributed by atoms with E-state index >= 15 is 0 Å². The van der Waals surface area contributed by atoms with Crippen LogP contribution in [0, 0.1) is 0 Å². The molecule has 0 atom stereocenters. The minimum Gasteiger partial charge on any atom is -0.481 e. The molecule has 1 aromatic heterocycles. The van der Waals surface area contributed by atoms with E-state index < -0.39 is 0 Å². The molecule has 2 N–H and O–H groups in total. The van der Waals surface area contributed by atoms with Crippen LogP contribution in [0.25, 0.3) is 0 Å². The number of piperidine rings is 1. The molecule has 0 saturated carbocycles. The third kappa shape index (κ3) is 2.56. The van der Waals surface area contributed by atoms with E-state index in [1.54, 1.807) is 13.3 Å². The van der Waals surface area contributed by atoms with Crippen molar-refractivity contribution in [1.29, 1.82) is 0 Å². The van der Waals surface area contributed by atoms with Crippen molar-refractivity contribution in [2.75, 3.05) is 26.7 Å². The van der Waals surface area contributed by atoms with Crippen LogP contribution in [-0.2, 0) is 6.54 Å². The number of nitrogens with zero attached hydrogens (tertiary/aromatic N) is 2. The number of carbonyl (C=O) groups is 1. The van der Waals surface area contributed by atoms with Gasteiger partial charge in [0.15, 0.2) is 0 Å². The summed E-state index contributed by atoms with van der Waals surface area (Å²) in [6.07, 6.45) is 3.76. The second-order valence-electron chi connectivity index (χ2n) is 5.53. The Morgan fingerprint density at radius 3 is 2.85 bits per heavy atom. The van der Waals surface area contributed by atoms with Crippen molar-refractivity contribution in [2.24, 2.45) is 0 Å². The quantitative estimate of drug-likeness (QED) is 0.854. The average molecular weight is 276 g/mol. The highest BCUT2D eigenvalue weighted by molar-refractivity contribution is 5.78. The zero-order valence-electron chi connectivity index (χ0n) is 11.7. The summed E-state index contributed by atoms with van der Waals surface area (Å²) in [5, 5.41) is 6.50. The molecule has 0 bridgehead atoms. The highest BCUT2D eigenvalue weighted by atomic mass is 16.5.